The third-order valence-electron chi connectivity index (χ3n) is 4.12. The van der Waals surface area contributed by atoms with Crippen LogP contribution in [0, 0.1) is 11.3 Å². The summed E-state index contributed by atoms with van der Waals surface area (Å²) in [7, 11) is -3.17. The van der Waals surface area contributed by atoms with E-state index in [0.29, 0.717) is 24.3 Å². The molecule has 1 amide bonds. The van der Waals surface area contributed by atoms with Crippen LogP contribution < -0.4 is 10.1 Å². The summed E-state index contributed by atoms with van der Waals surface area (Å²) in [6.45, 7) is 3.42. The summed E-state index contributed by atoms with van der Waals surface area (Å²) < 4.78 is 33.3. The molecule has 1 heterocycles. The zero-order chi connectivity index (χ0) is 20.8. The molecule has 0 unspecified atom stereocenters. The van der Waals surface area contributed by atoms with Crippen LogP contribution in [0.15, 0.2) is 29.8 Å². The Labute approximate surface area is 164 Å². The predicted molar refractivity (Wildman–Crippen MR) is 102 cm³/mol. The summed E-state index contributed by atoms with van der Waals surface area (Å²) in [4.78, 5) is 24.0. The molecule has 28 heavy (non-hydrogen) atoms. The highest BCUT2D eigenvalue weighted by Crippen LogP contribution is 2.22. The number of sulfone groups is 1. The number of carbonyl (C=O) groups is 2. The summed E-state index contributed by atoms with van der Waals surface area (Å²) >= 11 is 0. The van der Waals surface area contributed by atoms with Crippen molar-refractivity contribution in [3.63, 3.8) is 0 Å². The summed E-state index contributed by atoms with van der Waals surface area (Å²) in [6, 6.07) is 8.53. The van der Waals surface area contributed by atoms with E-state index < -0.39 is 33.9 Å². The van der Waals surface area contributed by atoms with Crippen LogP contribution in [0.1, 0.15) is 25.8 Å². The SMILES string of the molecule is CCOc1ccc(/C=C(\C#N)C(=O)OCC(=O)N[C@]2(C)CCS(=O)(=O)C2)cc1. The lowest BCUT2D eigenvalue weighted by atomic mass is 10.0. The van der Waals surface area contributed by atoms with Gasteiger partial charge in [-0.15, -0.1) is 0 Å². The number of hydrogen-bond donors (Lipinski definition) is 1. The van der Waals surface area contributed by atoms with Crippen molar-refractivity contribution in [2.75, 3.05) is 24.7 Å². The van der Waals surface area contributed by atoms with Gasteiger partial charge in [0.2, 0.25) is 0 Å². The van der Waals surface area contributed by atoms with E-state index in [4.69, 9.17) is 9.47 Å². The maximum Gasteiger partial charge on any atom is 0.349 e. The molecule has 1 aromatic rings. The van der Waals surface area contributed by atoms with Crippen molar-refractivity contribution in [3.05, 3.63) is 35.4 Å². The van der Waals surface area contributed by atoms with Crippen molar-refractivity contribution < 1.29 is 27.5 Å². The molecule has 9 heteroatoms. The van der Waals surface area contributed by atoms with Gasteiger partial charge in [-0.1, -0.05) is 12.1 Å². The van der Waals surface area contributed by atoms with Gasteiger partial charge in [0.25, 0.3) is 5.91 Å². The highest BCUT2D eigenvalue weighted by atomic mass is 32.2. The molecular weight excluding hydrogens is 384 g/mol. The molecule has 1 aliphatic rings. The summed E-state index contributed by atoms with van der Waals surface area (Å²) in [5.74, 6) is -1.03. The smallest absolute Gasteiger partial charge is 0.349 e. The Kier molecular flexibility index (Phi) is 6.80. The van der Waals surface area contributed by atoms with Crippen LogP contribution in [0.3, 0.4) is 0 Å². The third kappa shape index (κ3) is 6.09. The van der Waals surface area contributed by atoms with Crippen LogP contribution in [-0.2, 0) is 24.2 Å². The molecule has 0 bridgehead atoms. The first-order valence-corrected chi connectivity index (χ1v) is 10.5. The number of amides is 1. The molecule has 0 aromatic heterocycles. The van der Waals surface area contributed by atoms with Crippen molar-refractivity contribution in [2.24, 2.45) is 0 Å². The Morgan fingerprint density at radius 1 is 1.32 bits per heavy atom. The number of rotatable bonds is 7. The van der Waals surface area contributed by atoms with Gasteiger partial charge in [0.15, 0.2) is 16.4 Å². The van der Waals surface area contributed by atoms with E-state index in [2.05, 4.69) is 5.32 Å². The molecule has 0 aliphatic carbocycles. The molecule has 0 spiro atoms. The van der Waals surface area contributed by atoms with Gasteiger partial charge >= 0.3 is 5.97 Å². The normalized spacial score (nSPS) is 20.8. The van der Waals surface area contributed by atoms with E-state index in [1.54, 1.807) is 37.3 Å². The number of nitriles is 1. The van der Waals surface area contributed by atoms with Gasteiger partial charge in [-0.25, -0.2) is 13.2 Å². The number of esters is 1. The fourth-order valence-corrected chi connectivity index (χ4v) is 4.91. The molecule has 150 valence electrons. The highest BCUT2D eigenvalue weighted by Gasteiger charge is 2.39. The van der Waals surface area contributed by atoms with E-state index >= 15 is 0 Å². The molecule has 1 aromatic carbocycles. The van der Waals surface area contributed by atoms with E-state index in [-0.39, 0.29) is 17.1 Å². The molecule has 1 aliphatic heterocycles. The molecule has 1 fully saturated rings. The Bertz CT molecular complexity index is 915. The Morgan fingerprint density at radius 3 is 2.54 bits per heavy atom. The zero-order valence-corrected chi connectivity index (χ0v) is 16.5. The maximum absolute atomic E-state index is 12.1. The summed E-state index contributed by atoms with van der Waals surface area (Å²) in [6.07, 6.45) is 1.65. The van der Waals surface area contributed by atoms with E-state index in [1.165, 1.54) is 6.08 Å². The minimum atomic E-state index is -3.17. The van der Waals surface area contributed by atoms with Gasteiger partial charge in [0.05, 0.1) is 23.7 Å². The van der Waals surface area contributed by atoms with Crippen LogP contribution in [0.5, 0.6) is 5.75 Å². The summed E-state index contributed by atoms with van der Waals surface area (Å²) in [5.41, 5.74) is -0.532. The molecule has 0 radical (unpaired) electrons. The lowest BCUT2D eigenvalue weighted by molar-refractivity contribution is -0.144. The first-order valence-electron chi connectivity index (χ1n) is 8.69. The van der Waals surface area contributed by atoms with Gasteiger partial charge in [-0.05, 0) is 44.0 Å². The molecule has 2 rings (SSSR count). The van der Waals surface area contributed by atoms with Gasteiger partial charge in [0.1, 0.15) is 17.4 Å². The highest BCUT2D eigenvalue weighted by molar-refractivity contribution is 7.91. The van der Waals surface area contributed by atoms with Crippen molar-refractivity contribution in [2.45, 2.75) is 25.8 Å². The Balaban J connectivity index is 1.93. The van der Waals surface area contributed by atoms with Crippen molar-refractivity contribution >= 4 is 27.8 Å². The van der Waals surface area contributed by atoms with Crippen molar-refractivity contribution in [1.82, 2.24) is 5.32 Å². The number of ether oxygens (including phenoxy) is 2. The second kappa shape index (κ2) is 8.89. The number of carbonyl (C=O) groups excluding carboxylic acids is 2. The van der Waals surface area contributed by atoms with Gasteiger partial charge in [0, 0.05) is 0 Å². The zero-order valence-electron chi connectivity index (χ0n) is 15.7. The maximum atomic E-state index is 12.1. The van der Waals surface area contributed by atoms with Gasteiger partial charge in [-0.3, -0.25) is 4.79 Å². The first kappa shape index (κ1) is 21.4. The number of hydrogen-bond acceptors (Lipinski definition) is 7. The monoisotopic (exact) mass is 406 g/mol. The number of nitrogens with zero attached hydrogens (tertiary/aromatic N) is 1. The van der Waals surface area contributed by atoms with Gasteiger partial charge < -0.3 is 14.8 Å². The van der Waals surface area contributed by atoms with Crippen LogP contribution in [0.25, 0.3) is 6.08 Å². The second-order valence-corrected chi connectivity index (χ2v) is 8.88. The van der Waals surface area contributed by atoms with Crippen molar-refractivity contribution in [3.8, 4) is 11.8 Å². The summed E-state index contributed by atoms with van der Waals surface area (Å²) in [5, 5.41) is 11.8. The van der Waals surface area contributed by atoms with Crippen LogP contribution in [0.4, 0.5) is 0 Å². The fourth-order valence-electron chi connectivity index (χ4n) is 2.82. The van der Waals surface area contributed by atoms with Gasteiger partial charge in [-0.2, -0.15) is 5.26 Å². The van der Waals surface area contributed by atoms with Crippen LogP contribution in [0.2, 0.25) is 0 Å². The topological polar surface area (TPSA) is 123 Å². The Hall–Kier alpha value is -2.86. The quantitative estimate of drug-likeness (QED) is 0.410. The minimum absolute atomic E-state index is 0.00692. The lowest BCUT2D eigenvalue weighted by Crippen LogP contribution is -2.48. The average molecular weight is 406 g/mol. The van der Waals surface area contributed by atoms with E-state index in [0.717, 1.165) is 0 Å². The largest absolute Gasteiger partial charge is 0.494 e. The fraction of sp³-hybridized carbons (Fsp3) is 0.421. The lowest BCUT2D eigenvalue weighted by Gasteiger charge is -2.23. The molecule has 1 saturated heterocycles. The Morgan fingerprint density at radius 2 is 2.00 bits per heavy atom. The molecule has 1 N–H and O–H groups in total. The third-order valence-corrected chi connectivity index (χ3v) is 6.02. The molecule has 8 nitrogen and oxygen atoms in total. The number of nitrogens with one attached hydrogen (secondary N) is 1. The van der Waals surface area contributed by atoms with Crippen LogP contribution in [-0.4, -0.2) is 50.6 Å². The minimum Gasteiger partial charge on any atom is -0.494 e. The molecular formula is C19H22N2O6S. The second-order valence-electron chi connectivity index (χ2n) is 6.70. The van der Waals surface area contributed by atoms with E-state index in [9.17, 15) is 23.3 Å². The number of benzene rings is 1. The predicted octanol–water partition coefficient (Wildman–Crippen LogP) is 1.23. The van der Waals surface area contributed by atoms with Crippen LogP contribution >= 0.6 is 0 Å². The molecule has 0 saturated carbocycles. The standard InChI is InChI=1S/C19H22N2O6S/c1-3-26-16-6-4-14(5-7-16)10-15(11-20)18(23)27-12-17(22)21-19(2)8-9-28(24,25)13-19/h4-7,10H,3,8-9,12-13H2,1-2H3,(H,21,22)/b15-10+/t19-/m1/s1. The molecule has 1 atom stereocenters. The van der Waals surface area contributed by atoms with Crippen molar-refractivity contribution in [1.29, 1.82) is 5.26 Å². The first-order chi connectivity index (χ1) is 13.2. The van der Waals surface area contributed by atoms with E-state index in [1.807, 2.05) is 6.92 Å². The average Bonchev–Trinajstić information content (AvgIpc) is 2.91.